The van der Waals surface area contributed by atoms with E-state index >= 15 is 0 Å². The number of hydrogen-bond acceptors (Lipinski definition) is 6. The number of hydrogen-bond donors (Lipinski definition) is 3. The maximum atomic E-state index is 12.4. The van der Waals surface area contributed by atoms with Crippen LogP contribution in [0.4, 0.5) is 0 Å². The van der Waals surface area contributed by atoms with Gasteiger partial charge in [-0.2, -0.15) is 11.8 Å². The first-order chi connectivity index (χ1) is 11.8. The van der Waals surface area contributed by atoms with Crippen molar-refractivity contribution >= 4 is 41.2 Å². The predicted octanol–water partition coefficient (Wildman–Crippen LogP) is 2.08. The number of carboxylic acid groups (broad SMARTS) is 1. The smallest absolute Gasteiger partial charge is 0.342 e. The van der Waals surface area contributed by atoms with Crippen molar-refractivity contribution in [1.29, 1.82) is 0 Å². The number of halogens is 1. The van der Waals surface area contributed by atoms with Gasteiger partial charge in [0.05, 0.1) is 5.56 Å². The van der Waals surface area contributed by atoms with Gasteiger partial charge in [0, 0.05) is 11.4 Å². The van der Waals surface area contributed by atoms with Crippen molar-refractivity contribution in [1.82, 2.24) is 5.32 Å². The lowest BCUT2D eigenvalue weighted by molar-refractivity contribution is -0.139. The Morgan fingerprint density at radius 2 is 2.20 bits per heavy atom. The number of cyclic esters (lactones) is 1. The van der Waals surface area contributed by atoms with Gasteiger partial charge in [-0.05, 0) is 37.0 Å². The van der Waals surface area contributed by atoms with Crippen molar-refractivity contribution in [2.24, 2.45) is 0 Å². The van der Waals surface area contributed by atoms with Crippen LogP contribution >= 0.6 is 23.4 Å². The molecule has 1 aromatic rings. The fourth-order valence-electron chi connectivity index (χ4n) is 2.57. The first-order valence-corrected chi connectivity index (χ1v) is 9.31. The molecule has 9 heteroatoms. The Balaban J connectivity index is 2.35. The molecule has 0 aromatic heterocycles. The van der Waals surface area contributed by atoms with E-state index in [1.165, 1.54) is 17.8 Å². The number of carboxylic acids is 1. The molecule has 136 valence electrons. The number of ether oxygens (including phenoxy) is 1. The second-order valence-electron chi connectivity index (χ2n) is 5.67. The van der Waals surface area contributed by atoms with Crippen molar-refractivity contribution in [3.8, 4) is 5.75 Å². The number of carbonyl (C=O) groups excluding carboxylic acids is 2. The lowest BCUT2D eigenvalue weighted by atomic mass is 9.95. The predicted molar refractivity (Wildman–Crippen MR) is 93.6 cm³/mol. The summed E-state index contributed by atoms with van der Waals surface area (Å²) < 4.78 is 5.07. The average molecular weight is 388 g/mol. The molecule has 1 heterocycles. The zero-order chi connectivity index (χ0) is 18.7. The van der Waals surface area contributed by atoms with Crippen LogP contribution in [0.2, 0.25) is 5.02 Å². The quantitative estimate of drug-likeness (QED) is 0.640. The van der Waals surface area contributed by atoms with Crippen LogP contribution < -0.4 is 5.32 Å². The lowest BCUT2D eigenvalue weighted by Gasteiger charge is -2.24. The van der Waals surface area contributed by atoms with E-state index in [4.69, 9.17) is 16.3 Å². The van der Waals surface area contributed by atoms with Crippen LogP contribution in [0.5, 0.6) is 5.75 Å². The van der Waals surface area contributed by atoms with Crippen LogP contribution in [0.25, 0.3) is 0 Å². The fraction of sp³-hybridized carbons (Fsp3) is 0.438. The van der Waals surface area contributed by atoms with E-state index in [9.17, 15) is 24.6 Å². The normalized spacial score (nSPS) is 17.4. The molecule has 1 aliphatic heterocycles. The van der Waals surface area contributed by atoms with Gasteiger partial charge in [0.15, 0.2) is 0 Å². The van der Waals surface area contributed by atoms with Gasteiger partial charge in [-0.25, -0.2) is 9.59 Å². The highest BCUT2D eigenvalue weighted by molar-refractivity contribution is 7.98. The Morgan fingerprint density at radius 1 is 1.52 bits per heavy atom. The van der Waals surface area contributed by atoms with Gasteiger partial charge in [-0.1, -0.05) is 11.6 Å². The second kappa shape index (κ2) is 7.97. The van der Waals surface area contributed by atoms with E-state index in [1.807, 2.05) is 6.26 Å². The molecule has 2 atom stereocenters. The number of phenols is 1. The molecular weight excluding hydrogens is 370 g/mol. The van der Waals surface area contributed by atoms with E-state index in [2.05, 4.69) is 5.32 Å². The van der Waals surface area contributed by atoms with Crippen LogP contribution in [0.1, 0.15) is 39.6 Å². The molecule has 0 saturated carbocycles. The molecule has 0 saturated heterocycles. The summed E-state index contributed by atoms with van der Waals surface area (Å²) in [6.45, 7) is 1.69. The Bertz CT molecular complexity index is 723. The lowest BCUT2D eigenvalue weighted by Crippen LogP contribution is -2.41. The van der Waals surface area contributed by atoms with E-state index in [0.717, 1.165) is 0 Å². The van der Waals surface area contributed by atoms with E-state index in [1.54, 1.807) is 6.92 Å². The summed E-state index contributed by atoms with van der Waals surface area (Å²) in [5.74, 6) is -2.78. The number of esters is 1. The largest absolute Gasteiger partial charge is 0.506 e. The third kappa shape index (κ3) is 4.19. The summed E-state index contributed by atoms with van der Waals surface area (Å²) in [6, 6.07) is 0.130. The minimum absolute atomic E-state index is 0.147. The van der Waals surface area contributed by atoms with Gasteiger partial charge < -0.3 is 20.3 Å². The van der Waals surface area contributed by atoms with Gasteiger partial charge in [0.2, 0.25) is 0 Å². The summed E-state index contributed by atoms with van der Waals surface area (Å²) >= 11 is 7.61. The van der Waals surface area contributed by atoms with Crippen molar-refractivity contribution in [2.75, 3.05) is 12.0 Å². The molecule has 3 N–H and O–H groups in total. The zero-order valence-corrected chi connectivity index (χ0v) is 15.2. The maximum Gasteiger partial charge on any atom is 0.342 e. The van der Waals surface area contributed by atoms with Crippen LogP contribution in [0, 0.1) is 0 Å². The van der Waals surface area contributed by atoms with Crippen LogP contribution in [0.15, 0.2) is 6.07 Å². The van der Waals surface area contributed by atoms with Crippen molar-refractivity contribution in [3.63, 3.8) is 0 Å². The summed E-state index contributed by atoms with van der Waals surface area (Å²) in [5.41, 5.74) is 0.00836. The SMILES string of the molecule is CSCCC(NC(=O)c1cc(Cl)c2c(c1O)C(=O)O[C@H](C)C2)C(=O)O. The zero-order valence-electron chi connectivity index (χ0n) is 13.7. The van der Waals surface area contributed by atoms with Crippen LogP contribution in [-0.2, 0) is 16.0 Å². The number of thioether (sulfide) groups is 1. The molecule has 2 rings (SSSR count). The summed E-state index contributed by atoms with van der Waals surface area (Å²) in [4.78, 5) is 35.7. The first kappa shape index (κ1) is 19.4. The molecule has 0 spiro atoms. The Morgan fingerprint density at radius 3 is 2.80 bits per heavy atom. The Hall–Kier alpha value is -1.93. The van der Waals surface area contributed by atoms with Gasteiger partial charge >= 0.3 is 11.9 Å². The molecule has 0 aliphatic carbocycles. The number of aromatic hydroxyl groups is 1. The minimum atomic E-state index is -1.18. The highest BCUT2D eigenvalue weighted by Crippen LogP contribution is 2.36. The topological polar surface area (TPSA) is 113 Å². The Labute approximate surface area is 153 Å². The van der Waals surface area contributed by atoms with E-state index in [-0.39, 0.29) is 28.7 Å². The minimum Gasteiger partial charge on any atom is -0.506 e. The van der Waals surface area contributed by atoms with E-state index in [0.29, 0.717) is 17.7 Å². The van der Waals surface area contributed by atoms with Gasteiger partial charge in [0.25, 0.3) is 5.91 Å². The average Bonchev–Trinajstić information content (AvgIpc) is 2.53. The van der Waals surface area contributed by atoms with Crippen LogP contribution in [0.3, 0.4) is 0 Å². The molecule has 0 bridgehead atoms. The standard InChI is InChI=1S/C16H18ClNO6S/c1-7-5-8-10(17)6-9(13(19)12(8)16(23)24-7)14(20)18-11(15(21)22)3-4-25-2/h6-7,11,19H,3-5H2,1-2H3,(H,18,20)(H,21,22)/t7-,11?/m1/s1. The summed E-state index contributed by atoms with van der Waals surface area (Å²) in [7, 11) is 0. The number of amides is 1. The number of phenolic OH excluding ortho intramolecular Hbond substituents is 1. The highest BCUT2D eigenvalue weighted by Gasteiger charge is 2.32. The molecule has 1 aliphatic rings. The van der Waals surface area contributed by atoms with Crippen LogP contribution in [-0.4, -0.2) is 52.2 Å². The molecule has 1 aromatic carbocycles. The molecule has 0 radical (unpaired) electrons. The van der Waals surface area contributed by atoms with Gasteiger partial charge in [0.1, 0.15) is 23.5 Å². The number of rotatable bonds is 6. The molecule has 1 unspecified atom stereocenters. The number of benzene rings is 1. The monoisotopic (exact) mass is 387 g/mol. The number of nitrogens with one attached hydrogen (secondary N) is 1. The summed E-state index contributed by atoms with van der Waals surface area (Å²) in [6.07, 6.45) is 1.98. The molecule has 7 nitrogen and oxygen atoms in total. The third-order valence-corrected chi connectivity index (χ3v) is 4.80. The fourth-order valence-corrected chi connectivity index (χ4v) is 3.32. The maximum absolute atomic E-state index is 12.4. The van der Waals surface area contributed by atoms with Crippen molar-refractivity contribution in [2.45, 2.75) is 31.9 Å². The number of fused-ring (bicyclic) bond motifs is 1. The van der Waals surface area contributed by atoms with Gasteiger partial charge in [-0.3, -0.25) is 4.79 Å². The third-order valence-electron chi connectivity index (χ3n) is 3.82. The first-order valence-electron chi connectivity index (χ1n) is 7.54. The van der Waals surface area contributed by atoms with Gasteiger partial charge in [-0.15, -0.1) is 0 Å². The second-order valence-corrected chi connectivity index (χ2v) is 7.07. The highest BCUT2D eigenvalue weighted by atomic mass is 35.5. The molecular formula is C16H18ClNO6S. The number of aliphatic carboxylic acids is 1. The number of carbonyl (C=O) groups is 3. The molecule has 1 amide bonds. The Kier molecular flexibility index (Phi) is 6.18. The molecule has 0 fully saturated rings. The molecule has 25 heavy (non-hydrogen) atoms. The van der Waals surface area contributed by atoms with Crippen molar-refractivity contribution < 1.29 is 29.3 Å². The summed E-state index contributed by atoms with van der Waals surface area (Å²) in [5, 5.41) is 22.0. The van der Waals surface area contributed by atoms with E-state index < -0.39 is 29.6 Å². The van der Waals surface area contributed by atoms with Crippen molar-refractivity contribution in [3.05, 3.63) is 27.8 Å².